The molecule has 0 saturated carbocycles. The Kier molecular flexibility index (Phi) is 7.30. The fraction of sp³-hybridized carbons (Fsp3) is 0.345. The van der Waals surface area contributed by atoms with Crippen molar-refractivity contribution in [3.05, 3.63) is 76.8 Å². The number of aryl methyl sites for hydroxylation is 2. The molecular formula is C29H34N4O2S. The average molecular weight is 503 g/mol. The van der Waals surface area contributed by atoms with Crippen molar-refractivity contribution in [2.24, 2.45) is 7.05 Å². The number of amides is 1. The van der Waals surface area contributed by atoms with Crippen molar-refractivity contribution in [2.75, 3.05) is 44.0 Å². The zero-order chi connectivity index (χ0) is 25.1. The van der Waals surface area contributed by atoms with E-state index in [1.54, 1.807) is 11.3 Å². The summed E-state index contributed by atoms with van der Waals surface area (Å²) < 4.78 is 9.00. The highest BCUT2D eigenvalue weighted by atomic mass is 32.1. The summed E-state index contributed by atoms with van der Waals surface area (Å²) in [7, 11) is 6.11. The quantitative estimate of drug-likeness (QED) is 0.295. The lowest BCUT2D eigenvalue weighted by molar-refractivity contribution is 0.102. The van der Waals surface area contributed by atoms with E-state index in [9.17, 15) is 4.79 Å². The number of para-hydroxylation sites is 1. The topological polar surface area (TPSA) is 49.7 Å². The summed E-state index contributed by atoms with van der Waals surface area (Å²) >= 11 is 1.66. The molecule has 0 aliphatic carbocycles. The summed E-state index contributed by atoms with van der Waals surface area (Å²) in [4.78, 5) is 17.8. The van der Waals surface area contributed by atoms with Crippen molar-refractivity contribution in [3.63, 3.8) is 0 Å². The van der Waals surface area contributed by atoms with Crippen molar-refractivity contribution < 1.29 is 9.53 Å². The van der Waals surface area contributed by atoms with Crippen LogP contribution in [0.25, 0.3) is 10.2 Å². The molecule has 0 saturated heterocycles. The number of rotatable bonds is 9. The van der Waals surface area contributed by atoms with Gasteiger partial charge in [-0.3, -0.25) is 4.79 Å². The van der Waals surface area contributed by atoms with Gasteiger partial charge in [0.1, 0.15) is 11.4 Å². The van der Waals surface area contributed by atoms with E-state index in [0.29, 0.717) is 5.69 Å². The lowest BCUT2D eigenvalue weighted by atomic mass is 9.99. The summed E-state index contributed by atoms with van der Waals surface area (Å²) in [6.07, 6.45) is 3.13. The second-order valence-corrected chi connectivity index (χ2v) is 10.6. The fourth-order valence-electron chi connectivity index (χ4n) is 4.93. The number of nitrogens with zero attached hydrogens (tertiary/aromatic N) is 3. The highest BCUT2D eigenvalue weighted by Gasteiger charge is 2.23. The number of benzene rings is 2. The first-order valence-electron chi connectivity index (χ1n) is 12.6. The van der Waals surface area contributed by atoms with E-state index in [0.717, 1.165) is 72.8 Å². The zero-order valence-corrected chi connectivity index (χ0v) is 22.1. The Morgan fingerprint density at radius 3 is 2.75 bits per heavy atom. The molecule has 188 valence electrons. The van der Waals surface area contributed by atoms with Crippen molar-refractivity contribution in [2.45, 2.75) is 25.8 Å². The number of aromatic nitrogens is 1. The molecule has 1 amide bonds. The van der Waals surface area contributed by atoms with Crippen LogP contribution in [0.5, 0.6) is 5.75 Å². The zero-order valence-electron chi connectivity index (χ0n) is 21.3. The molecule has 4 aromatic rings. The van der Waals surface area contributed by atoms with Crippen LogP contribution in [0.2, 0.25) is 0 Å². The maximum absolute atomic E-state index is 13.3. The number of ether oxygens (including phenoxy) is 1. The van der Waals surface area contributed by atoms with E-state index < -0.39 is 0 Å². The van der Waals surface area contributed by atoms with E-state index in [1.165, 1.54) is 11.1 Å². The molecule has 1 aliphatic rings. The monoisotopic (exact) mass is 502 g/mol. The van der Waals surface area contributed by atoms with Gasteiger partial charge in [0.25, 0.3) is 5.91 Å². The maximum atomic E-state index is 13.3. The van der Waals surface area contributed by atoms with Crippen molar-refractivity contribution in [1.29, 1.82) is 0 Å². The molecule has 2 aromatic carbocycles. The number of hydrogen-bond acceptors (Lipinski definition) is 5. The molecular weight excluding hydrogens is 468 g/mol. The summed E-state index contributed by atoms with van der Waals surface area (Å²) in [5.74, 6) is 0.836. The fourth-order valence-corrected chi connectivity index (χ4v) is 5.78. The van der Waals surface area contributed by atoms with Gasteiger partial charge in [-0.25, -0.2) is 0 Å². The maximum Gasteiger partial charge on any atom is 0.272 e. The van der Waals surface area contributed by atoms with Crippen LogP contribution in [-0.2, 0) is 20.0 Å². The number of anilines is 2. The molecule has 6 nitrogen and oxygen atoms in total. The minimum Gasteiger partial charge on any atom is -0.494 e. The van der Waals surface area contributed by atoms with Crippen LogP contribution in [0, 0.1) is 0 Å². The van der Waals surface area contributed by atoms with Crippen LogP contribution in [-0.4, -0.2) is 49.2 Å². The van der Waals surface area contributed by atoms with Gasteiger partial charge < -0.3 is 24.4 Å². The van der Waals surface area contributed by atoms with E-state index >= 15 is 0 Å². The molecule has 2 aromatic heterocycles. The van der Waals surface area contributed by atoms with Gasteiger partial charge in [0.2, 0.25) is 0 Å². The van der Waals surface area contributed by atoms with Gasteiger partial charge in [-0.2, -0.15) is 0 Å². The first-order valence-corrected chi connectivity index (χ1v) is 13.4. The van der Waals surface area contributed by atoms with Crippen molar-refractivity contribution in [1.82, 2.24) is 9.47 Å². The molecule has 0 unspecified atom stereocenters. The van der Waals surface area contributed by atoms with Crippen LogP contribution in [0.4, 0.5) is 11.4 Å². The van der Waals surface area contributed by atoms with Gasteiger partial charge in [0.15, 0.2) is 0 Å². The molecule has 3 heterocycles. The SMILES string of the molecule is CN(C)CCCOc1ccc(CN2CCCc3cccc(NC(=O)c4cc5sccc5n4C)c32)cc1. The lowest BCUT2D eigenvalue weighted by Gasteiger charge is -2.33. The van der Waals surface area contributed by atoms with Gasteiger partial charge in [0, 0.05) is 26.7 Å². The number of carbonyl (C=O) groups excluding carboxylic acids is 1. The standard InChI is InChI=1S/C29H34N4O2S/c1-31(2)15-6-17-35-23-12-10-21(11-13-23)20-33-16-5-8-22-7-4-9-24(28(22)33)30-29(34)26-19-27-25(32(26)3)14-18-36-27/h4,7,9-14,18-19H,5-6,8,15-17,20H2,1-3H3,(H,30,34). The Morgan fingerprint density at radius 2 is 1.97 bits per heavy atom. The van der Waals surface area contributed by atoms with Crippen LogP contribution in [0.3, 0.4) is 0 Å². The summed E-state index contributed by atoms with van der Waals surface area (Å²) in [6, 6.07) is 18.7. The molecule has 0 atom stereocenters. The number of hydrogen-bond donors (Lipinski definition) is 1. The number of nitrogens with one attached hydrogen (secondary N) is 1. The third-order valence-corrected chi connectivity index (χ3v) is 7.62. The third kappa shape index (κ3) is 5.27. The smallest absolute Gasteiger partial charge is 0.272 e. The molecule has 7 heteroatoms. The second-order valence-electron chi connectivity index (χ2n) is 9.70. The summed E-state index contributed by atoms with van der Waals surface area (Å²) in [5.41, 5.74) is 6.30. The molecule has 36 heavy (non-hydrogen) atoms. The average Bonchev–Trinajstić information content (AvgIpc) is 3.46. The normalized spacial score (nSPS) is 13.3. The van der Waals surface area contributed by atoms with Crippen LogP contribution >= 0.6 is 11.3 Å². The Morgan fingerprint density at radius 1 is 1.14 bits per heavy atom. The molecule has 1 N–H and O–H groups in total. The van der Waals surface area contributed by atoms with Gasteiger partial charge in [-0.15, -0.1) is 11.3 Å². The predicted octanol–water partition coefficient (Wildman–Crippen LogP) is 5.78. The first kappa shape index (κ1) is 24.4. The molecule has 0 radical (unpaired) electrons. The molecule has 0 spiro atoms. The predicted molar refractivity (Wildman–Crippen MR) is 150 cm³/mol. The summed E-state index contributed by atoms with van der Waals surface area (Å²) in [5, 5.41) is 5.28. The van der Waals surface area contributed by atoms with Gasteiger partial charge >= 0.3 is 0 Å². The van der Waals surface area contributed by atoms with Crippen molar-refractivity contribution >= 4 is 38.8 Å². The molecule has 0 fully saturated rings. The van der Waals surface area contributed by atoms with E-state index in [4.69, 9.17) is 4.74 Å². The van der Waals surface area contributed by atoms with Crippen LogP contribution < -0.4 is 15.0 Å². The highest BCUT2D eigenvalue weighted by Crippen LogP contribution is 2.36. The molecule has 0 bridgehead atoms. The van der Waals surface area contributed by atoms with Gasteiger partial charge in [-0.05, 0) is 80.2 Å². The number of fused-ring (bicyclic) bond motifs is 2. The number of carbonyl (C=O) groups is 1. The van der Waals surface area contributed by atoms with E-state index in [1.807, 2.05) is 29.8 Å². The Balaban J connectivity index is 1.30. The highest BCUT2D eigenvalue weighted by molar-refractivity contribution is 7.17. The van der Waals surface area contributed by atoms with E-state index in [2.05, 4.69) is 71.0 Å². The Labute approximate surface area is 217 Å². The summed E-state index contributed by atoms with van der Waals surface area (Å²) in [6.45, 7) is 3.50. The second kappa shape index (κ2) is 10.8. The Bertz CT molecular complexity index is 1340. The van der Waals surface area contributed by atoms with Crippen LogP contribution in [0.15, 0.2) is 60.0 Å². The lowest BCUT2D eigenvalue weighted by Crippen LogP contribution is -2.30. The van der Waals surface area contributed by atoms with E-state index in [-0.39, 0.29) is 5.91 Å². The van der Waals surface area contributed by atoms with Crippen LogP contribution in [0.1, 0.15) is 34.5 Å². The van der Waals surface area contributed by atoms with Gasteiger partial charge in [-0.1, -0.05) is 24.3 Å². The minimum atomic E-state index is -0.0735. The molecule has 5 rings (SSSR count). The Hall–Kier alpha value is -3.29. The van der Waals surface area contributed by atoms with Crippen molar-refractivity contribution in [3.8, 4) is 5.75 Å². The largest absolute Gasteiger partial charge is 0.494 e. The third-order valence-electron chi connectivity index (χ3n) is 6.77. The van der Waals surface area contributed by atoms with Gasteiger partial charge in [0.05, 0.1) is 28.2 Å². The first-order chi connectivity index (χ1) is 17.5. The minimum absolute atomic E-state index is 0.0735. The number of thiophene rings is 1. The molecule has 1 aliphatic heterocycles.